The number of fused-ring (bicyclic) bond motifs is 2. The first-order valence-corrected chi connectivity index (χ1v) is 17.4. The number of hydrogen-bond donors (Lipinski definition) is 0. The average molecular weight is 591 g/mol. The molecule has 4 rings (SSSR count). The Bertz CT molecular complexity index is 1110. The summed E-state index contributed by atoms with van der Waals surface area (Å²) < 4.78 is 36.1. The van der Waals surface area contributed by atoms with Crippen LogP contribution in [-0.2, 0) is 18.6 Å². The van der Waals surface area contributed by atoms with Crippen LogP contribution in [-0.4, -0.2) is 83.9 Å². The molecule has 2 fully saturated rings. The highest BCUT2D eigenvalue weighted by Crippen LogP contribution is 2.44. The van der Waals surface area contributed by atoms with E-state index in [9.17, 15) is 9.59 Å². The summed E-state index contributed by atoms with van der Waals surface area (Å²) in [4.78, 5) is 31.3. The van der Waals surface area contributed by atoms with Gasteiger partial charge in [0.15, 0.2) is 32.3 Å². The van der Waals surface area contributed by atoms with Crippen LogP contribution in [0.5, 0.6) is 11.5 Å². The molecule has 4 atom stereocenters. The number of hydrogen-bond acceptors (Lipinski definition) is 8. The number of carbonyl (C=O) groups excluding carboxylic acids is 2. The Hall–Kier alpha value is -2.60. The lowest BCUT2D eigenvalue weighted by Crippen LogP contribution is -2.60. The number of nitrogens with zero attached hydrogens (tertiary/aromatic N) is 2. The molecule has 0 spiro atoms. The van der Waals surface area contributed by atoms with E-state index in [2.05, 4.69) is 40.4 Å². The summed E-state index contributed by atoms with van der Waals surface area (Å²) in [5.41, 5.74) is 0.640. The van der Waals surface area contributed by atoms with Crippen LogP contribution in [0.3, 0.4) is 0 Å². The van der Waals surface area contributed by atoms with E-state index in [1.54, 1.807) is 12.1 Å². The van der Waals surface area contributed by atoms with Gasteiger partial charge in [-0.15, -0.1) is 0 Å². The molecule has 1 aromatic carbocycles. The van der Waals surface area contributed by atoms with Crippen molar-refractivity contribution in [3.8, 4) is 11.5 Å². The molecule has 0 saturated carbocycles. The number of carbonyl (C=O) groups is 2. The maximum atomic E-state index is 14.2. The van der Waals surface area contributed by atoms with E-state index in [0.717, 1.165) is 12.8 Å². The van der Waals surface area contributed by atoms with Crippen LogP contribution in [0.1, 0.15) is 63.2 Å². The predicted molar refractivity (Wildman–Crippen MR) is 158 cm³/mol. The average Bonchev–Trinajstić information content (AvgIpc) is 3.03. The van der Waals surface area contributed by atoms with E-state index in [4.69, 9.17) is 28.1 Å². The summed E-state index contributed by atoms with van der Waals surface area (Å²) in [6.07, 6.45) is 3.13. The van der Waals surface area contributed by atoms with E-state index in [-0.39, 0.29) is 23.7 Å². The second kappa shape index (κ2) is 12.7. The summed E-state index contributed by atoms with van der Waals surface area (Å²) >= 11 is 0. The van der Waals surface area contributed by atoms with Gasteiger partial charge >= 0.3 is 6.09 Å². The Morgan fingerprint density at radius 1 is 1.15 bits per heavy atom. The van der Waals surface area contributed by atoms with Crippen molar-refractivity contribution in [2.24, 2.45) is 0 Å². The normalized spacial score (nSPS) is 25.1. The third-order valence-corrected chi connectivity index (χ3v) is 13.2. The summed E-state index contributed by atoms with van der Waals surface area (Å²) in [6, 6.07) is 2.76. The van der Waals surface area contributed by atoms with Crippen molar-refractivity contribution in [2.75, 3.05) is 38.9 Å². The monoisotopic (exact) mass is 590 g/mol. The van der Waals surface area contributed by atoms with Crippen molar-refractivity contribution in [1.29, 1.82) is 0 Å². The van der Waals surface area contributed by atoms with Crippen molar-refractivity contribution >= 4 is 26.0 Å². The van der Waals surface area contributed by atoms with Gasteiger partial charge in [0.05, 0.1) is 31.5 Å². The molecule has 0 aromatic heterocycles. The molecule has 3 heterocycles. The summed E-state index contributed by atoms with van der Waals surface area (Å²) in [7, 11) is 0.921. The SMILES string of the molecule is C=CCOC(=O)N1c2cc(OC)c(OC)cc2C(=O)N2CC[C@@H](O[Si](C)(C)C(C)(C)C)CC2C1OC1CCCCO1. The van der Waals surface area contributed by atoms with Gasteiger partial charge in [-0.2, -0.15) is 0 Å². The molecule has 0 N–H and O–H groups in total. The molecule has 3 aliphatic heterocycles. The topological polar surface area (TPSA) is 96.0 Å². The first-order valence-electron chi connectivity index (χ1n) is 14.5. The highest BCUT2D eigenvalue weighted by atomic mass is 28.4. The van der Waals surface area contributed by atoms with Crippen LogP contribution in [0.15, 0.2) is 24.8 Å². The van der Waals surface area contributed by atoms with E-state index < -0.39 is 33.0 Å². The molecule has 11 heteroatoms. The van der Waals surface area contributed by atoms with Crippen LogP contribution in [0.25, 0.3) is 0 Å². The number of methoxy groups -OCH3 is 2. The fourth-order valence-corrected chi connectivity index (χ4v) is 6.82. The van der Waals surface area contributed by atoms with Gasteiger partial charge < -0.3 is 33.0 Å². The molecule has 3 unspecified atom stereocenters. The minimum Gasteiger partial charge on any atom is -0.493 e. The number of anilines is 1. The first-order chi connectivity index (χ1) is 19.4. The molecular formula is C30H46N2O8Si. The summed E-state index contributed by atoms with van der Waals surface area (Å²) in [5, 5.41) is 0.0269. The Labute approximate surface area is 245 Å². The van der Waals surface area contributed by atoms with Gasteiger partial charge in [-0.25, -0.2) is 9.69 Å². The van der Waals surface area contributed by atoms with E-state index in [1.807, 2.05) is 4.90 Å². The van der Waals surface area contributed by atoms with Gasteiger partial charge in [0.1, 0.15) is 6.61 Å². The van der Waals surface area contributed by atoms with Crippen LogP contribution >= 0.6 is 0 Å². The summed E-state index contributed by atoms with van der Waals surface area (Å²) in [6.45, 7) is 15.8. The van der Waals surface area contributed by atoms with Gasteiger partial charge in [-0.1, -0.05) is 33.4 Å². The Kier molecular flexibility index (Phi) is 9.72. The molecule has 0 radical (unpaired) electrons. The zero-order valence-corrected chi connectivity index (χ0v) is 26.6. The molecule has 2 amide bonds. The van der Waals surface area contributed by atoms with Crippen molar-refractivity contribution < 1.29 is 37.7 Å². The molecular weight excluding hydrogens is 544 g/mol. The first kappa shape index (κ1) is 31.3. The van der Waals surface area contributed by atoms with Crippen LogP contribution in [0.2, 0.25) is 18.1 Å². The quantitative estimate of drug-likeness (QED) is 0.281. The maximum absolute atomic E-state index is 14.2. The molecule has 2 saturated heterocycles. The molecule has 1 aromatic rings. The highest BCUT2D eigenvalue weighted by Gasteiger charge is 2.50. The van der Waals surface area contributed by atoms with Gasteiger partial charge in [0.25, 0.3) is 5.91 Å². The number of piperidine rings is 1. The number of rotatable bonds is 8. The second-order valence-electron chi connectivity index (χ2n) is 12.4. The fourth-order valence-electron chi connectivity index (χ4n) is 5.42. The van der Waals surface area contributed by atoms with Crippen molar-refractivity contribution in [3.63, 3.8) is 0 Å². The van der Waals surface area contributed by atoms with Crippen molar-refractivity contribution in [3.05, 3.63) is 30.4 Å². The smallest absolute Gasteiger partial charge is 0.416 e. The standard InChI is InChI=1S/C30H46N2O8Si/c1-9-15-38-29(34)32-22-19-25(36-6)24(35-5)18-21(22)27(33)31-14-13-20(40-41(7,8)30(2,3)4)17-23(31)28(32)39-26-12-10-11-16-37-26/h9,18-20,23,26,28H,1,10-17H2,2-8H3/t20-,23?,26?,28?/m1/s1. The molecule has 0 aliphatic carbocycles. The van der Waals surface area contributed by atoms with Crippen LogP contribution in [0, 0.1) is 0 Å². The second-order valence-corrected chi connectivity index (χ2v) is 17.1. The van der Waals surface area contributed by atoms with E-state index in [1.165, 1.54) is 25.2 Å². The number of ether oxygens (including phenoxy) is 5. The van der Waals surface area contributed by atoms with Crippen LogP contribution in [0.4, 0.5) is 10.5 Å². The fraction of sp³-hybridized carbons (Fsp3) is 0.667. The van der Waals surface area contributed by atoms with Gasteiger partial charge in [-0.3, -0.25) is 4.79 Å². The zero-order chi connectivity index (χ0) is 29.9. The Morgan fingerprint density at radius 2 is 1.85 bits per heavy atom. The maximum Gasteiger partial charge on any atom is 0.416 e. The number of benzene rings is 1. The Morgan fingerprint density at radius 3 is 2.46 bits per heavy atom. The number of amides is 2. The Balaban J connectivity index is 1.83. The van der Waals surface area contributed by atoms with Gasteiger partial charge in [0.2, 0.25) is 0 Å². The zero-order valence-electron chi connectivity index (χ0n) is 25.6. The minimum absolute atomic E-state index is 0.00401. The van der Waals surface area contributed by atoms with E-state index in [0.29, 0.717) is 55.2 Å². The lowest BCUT2D eigenvalue weighted by atomic mass is 9.97. The van der Waals surface area contributed by atoms with Crippen molar-refractivity contribution in [1.82, 2.24) is 4.90 Å². The molecule has 0 bridgehead atoms. The van der Waals surface area contributed by atoms with E-state index >= 15 is 0 Å². The molecule has 3 aliphatic rings. The minimum atomic E-state index is -2.11. The third kappa shape index (κ3) is 6.58. The lowest BCUT2D eigenvalue weighted by Gasteiger charge is -2.47. The lowest BCUT2D eigenvalue weighted by molar-refractivity contribution is -0.200. The largest absolute Gasteiger partial charge is 0.493 e. The molecule has 10 nitrogen and oxygen atoms in total. The molecule has 228 valence electrons. The molecule has 41 heavy (non-hydrogen) atoms. The van der Waals surface area contributed by atoms with Gasteiger partial charge in [0, 0.05) is 25.3 Å². The highest BCUT2D eigenvalue weighted by molar-refractivity contribution is 6.74. The van der Waals surface area contributed by atoms with Crippen molar-refractivity contribution in [2.45, 2.75) is 95.7 Å². The summed E-state index contributed by atoms with van der Waals surface area (Å²) in [5.74, 6) is 0.558. The third-order valence-electron chi connectivity index (χ3n) is 8.65. The van der Waals surface area contributed by atoms with Crippen LogP contribution < -0.4 is 14.4 Å². The predicted octanol–water partition coefficient (Wildman–Crippen LogP) is 5.71. The van der Waals surface area contributed by atoms with Gasteiger partial charge in [-0.05, 0) is 56.3 Å².